The van der Waals surface area contributed by atoms with Crippen LogP contribution in [0.2, 0.25) is 0 Å². The second-order valence-corrected chi connectivity index (χ2v) is 5.92. The molecule has 1 heterocycles. The van der Waals surface area contributed by atoms with Gasteiger partial charge in [0.15, 0.2) is 0 Å². The lowest BCUT2D eigenvalue weighted by Crippen LogP contribution is -1.90. The average molecular weight is 350 g/mol. The Morgan fingerprint density at radius 2 is 2.10 bits per heavy atom. The number of hydrogen-bond acceptors (Lipinski definition) is 4. The molecule has 3 nitrogen and oxygen atoms in total. The lowest BCUT2D eigenvalue weighted by Gasteiger charge is -1.96. The van der Waals surface area contributed by atoms with E-state index in [1.165, 1.54) is 17.4 Å². The topological polar surface area (TPSA) is 37.3 Å². The molecule has 0 unspecified atom stereocenters. The largest absolute Gasteiger partial charge is 0.253 e. The second-order valence-electron chi connectivity index (χ2n) is 4.03. The van der Waals surface area contributed by atoms with Gasteiger partial charge in [-0.2, -0.15) is 5.10 Å². The van der Waals surface area contributed by atoms with Crippen molar-refractivity contribution < 1.29 is 4.39 Å². The van der Waals surface area contributed by atoms with Gasteiger partial charge in [-0.05, 0) is 45.8 Å². The number of fused-ring (bicyclic) bond motifs is 1. The van der Waals surface area contributed by atoms with Gasteiger partial charge in [-0.1, -0.05) is 29.5 Å². The fraction of sp³-hybridized carbons (Fsp3) is 0. The molecule has 0 aliphatic heterocycles. The summed E-state index contributed by atoms with van der Waals surface area (Å²) >= 11 is 4.67. The standard InChI is InChI=1S/C14H9BrFN3S/c15-10-7-9(5-6-11(10)16)8-17-19-14-18-12-3-1-2-4-13(12)20-14/h1-8H,(H,18,19). The van der Waals surface area contributed by atoms with Crippen LogP contribution in [0.25, 0.3) is 10.2 Å². The first-order chi connectivity index (χ1) is 9.72. The van der Waals surface area contributed by atoms with Crippen molar-refractivity contribution in [2.45, 2.75) is 0 Å². The maximum Gasteiger partial charge on any atom is 0.204 e. The number of thiazole rings is 1. The molecule has 0 bridgehead atoms. The van der Waals surface area contributed by atoms with E-state index in [9.17, 15) is 4.39 Å². The Bertz CT molecular complexity index is 752. The van der Waals surface area contributed by atoms with Crippen molar-refractivity contribution in [1.29, 1.82) is 0 Å². The van der Waals surface area contributed by atoms with E-state index in [0.717, 1.165) is 20.9 Å². The maximum atomic E-state index is 13.1. The van der Waals surface area contributed by atoms with Crippen molar-refractivity contribution in [2.75, 3.05) is 5.43 Å². The number of nitrogens with zero attached hydrogens (tertiary/aromatic N) is 2. The van der Waals surface area contributed by atoms with Crippen LogP contribution in [-0.2, 0) is 0 Å². The summed E-state index contributed by atoms with van der Waals surface area (Å²) in [5, 5.41) is 4.83. The van der Waals surface area contributed by atoms with Crippen LogP contribution >= 0.6 is 27.3 Å². The number of halogens is 2. The predicted molar refractivity (Wildman–Crippen MR) is 84.9 cm³/mol. The van der Waals surface area contributed by atoms with E-state index >= 15 is 0 Å². The Balaban J connectivity index is 1.75. The van der Waals surface area contributed by atoms with Crippen molar-refractivity contribution in [3.8, 4) is 0 Å². The number of para-hydroxylation sites is 1. The SMILES string of the molecule is Fc1ccc(C=NNc2nc3ccccc3s2)cc1Br. The summed E-state index contributed by atoms with van der Waals surface area (Å²) in [6, 6.07) is 12.6. The van der Waals surface area contributed by atoms with E-state index in [0.29, 0.717) is 4.47 Å². The van der Waals surface area contributed by atoms with E-state index in [1.54, 1.807) is 18.3 Å². The van der Waals surface area contributed by atoms with Crippen molar-refractivity contribution in [2.24, 2.45) is 5.10 Å². The minimum Gasteiger partial charge on any atom is -0.253 e. The molecular weight excluding hydrogens is 341 g/mol. The van der Waals surface area contributed by atoms with Crippen LogP contribution < -0.4 is 5.43 Å². The van der Waals surface area contributed by atoms with Crippen molar-refractivity contribution in [1.82, 2.24) is 4.98 Å². The molecule has 2 aromatic carbocycles. The number of rotatable bonds is 3. The zero-order valence-electron chi connectivity index (χ0n) is 10.2. The molecule has 0 saturated heterocycles. The van der Waals surface area contributed by atoms with Gasteiger partial charge >= 0.3 is 0 Å². The lowest BCUT2D eigenvalue weighted by molar-refractivity contribution is 0.621. The van der Waals surface area contributed by atoms with E-state index in [-0.39, 0.29) is 5.82 Å². The van der Waals surface area contributed by atoms with Crippen LogP contribution in [0.3, 0.4) is 0 Å². The van der Waals surface area contributed by atoms with Crippen LogP contribution in [0.4, 0.5) is 9.52 Å². The third-order valence-corrected chi connectivity index (χ3v) is 4.16. The van der Waals surface area contributed by atoms with Crippen LogP contribution in [0, 0.1) is 5.82 Å². The van der Waals surface area contributed by atoms with Gasteiger partial charge in [0.1, 0.15) is 5.82 Å². The van der Waals surface area contributed by atoms with Gasteiger partial charge in [-0.15, -0.1) is 0 Å². The first kappa shape index (κ1) is 13.2. The highest BCUT2D eigenvalue weighted by Crippen LogP contribution is 2.25. The molecule has 3 rings (SSSR count). The summed E-state index contributed by atoms with van der Waals surface area (Å²) in [6.45, 7) is 0. The molecule has 1 N–H and O–H groups in total. The van der Waals surface area contributed by atoms with Gasteiger partial charge in [0.2, 0.25) is 5.13 Å². The fourth-order valence-electron chi connectivity index (χ4n) is 1.67. The maximum absolute atomic E-state index is 13.1. The molecule has 0 amide bonds. The third-order valence-electron chi connectivity index (χ3n) is 2.61. The van der Waals surface area contributed by atoms with Gasteiger partial charge in [0.05, 0.1) is 20.9 Å². The van der Waals surface area contributed by atoms with Crippen molar-refractivity contribution >= 4 is 48.8 Å². The van der Waals surface area contributed by atoms with E-state index in [1.807, 2.05) is 24.3 Å². The quantitative estimate of drug-likeness (QED) is 0.552. The number of hydrogen-bond donors (Lipinski definition) is 1. The normalized spacial score (nSPS) is 11.3. The van der Waals surface area contributed by atoms with E-state index in [4.69, 9.17) is 0 Å². The number of benzene rings is 2. The molecule has 0 spiro atoms. The third kappa shape index (κ3) is 2.86. The highest BCUT2D eigenvalue weighted by molar-refractivity contribution is 9.10. The minimum absolute atomic E-state index is 0.290. The van der Waals surface area contributed by atoms with Gasteiger partial charge in [0, 0.05) is 0 Å². The fourth-order valence-corrected chi connectivity index (χ4v) is 2.89. The van der Waals surface area contributed by atoms with Crippen molar-refractivity contribution in [3.63, 3.8) is 0 Å². The minimum atomic E-state index is -0.290. The second kappa shape index (κ2) is 5.68. The smallest absolute Gasteiger partial charge is 0.204 e. The highest BCUT2D eigenvalue weighted by atomic mass is 79.9. The summed E-state index contributed by atoms with van der Waals surface area (Å²) in [5.41, 5.74) is 4.63. The Labute approximate surface area is 127 Å². The molecule has 3 aromatic rings. The van der Waals surface area contributed by atoms with Crippen LogP contribution in [0.15, 0.2) is 52.0 Å². The molecule has 0 aliphatic rings. The number of nitrogens with one attached hydrogen (secondary N) is 1. The molecule has 6 heteroatoms. The van der Waals surface area contributed by atoms with E-state index in [2.05, 4.69) is 31.4 Å². The number of aromatic nitrogens is 1. The van der Waals surface area contributed by atoms with Crippen LogP contribution in [-0.4, -0.2) is 11.2 Å². The summed E-state index contributed by atoms with van der Waals surface area (Å²) in [4.78, 5) is 4.40. The molecule has 0 radical (unpaired) electrons. The summed E-state index contributed by atoms with van der Waals surface area (Å²) in [5.74, 6) is -0.290. The van der Waals surface area contributed by atoms with E-state index < -0.39 is 0 Å². The molecule has 100 valence electrons. The van der Waals surface area contributed by atoms with Gasteiger partial charge in [-0.25, -0.2) is 9.37 Å². The van der Waals surface area contributed by atoms with Crippen molar-refractivity contribution in [3.05, 3.63) is 58.3 Å². The molecule has 0 atom stereocenters. The zero-order chi connectivity index (χ0) is 13.9. The Morgan fingerprint density at radius 1 is 1.25 bits per heavy atom. The molecule has 20 heavy (non-hydrogen) atoms. The Morgan fingerprint density at radius 3 is 2.90 bits per heavy atom. The number of anilines is 1. The van der Waals surface area contributed by atoms with Gasteiger partial charge < -0.3 is 0 Å². The molecule has 0 saturated carbocycles. The summed E-state index contributed by atoms with van der Waals surface area (Å²) in [6.07, 6.45) is 1.62. The summed E-state index contributed by atoms with van der Waals surface area (Å²) < 4.78 is 14.6. The zero-order valence-corrected chi connectivity index (χ0v) is 12.6. The molecule has 0 fully saturated rings. The first-order valence-corrected chi connectivity index (χ1v) is 7.43. The number of hydrazone groups is 1. The van der Waals surface area contributed by atoms with Gasteiger partial charge in [0.25, 0.3) is 0 Å². The lowest BCUT2D eigenvalue weighted by atomic mass is 10.2. The Kier molecular flexibility index (Phi) is 3.75. The average Bonchev–Trinajstić information content (AvgIpc) is 2.85. The van der Waals surface area contributed by atoms with Gasteiger partial charge in [-0.3, -0.25) is 5.43 Å². The molecule has 0 aliphatic carbocycles. The Hall–Kier alpha value is -1.79. The molecule has 1 aromatic heterocycles. The summed E-state index contributed by atoms with van der Waals surface area (Å²) in [7, 11) is 0. The molecular formula is C14H9BrFN3S. The monoisotopic (exact) mass is 349 g/mol. The highest BCUT2D eigenvalue weighted by Gasteiger charge is 2.01. The van der Waals surface area contributed by atoms with Crippen LogP contribution in [0.1, 0.15) is 5.56 Å². The predicted octanol–water partition coefficient (Wildman–Crippen LogP) is 4.64. The first-order valence-electron chi connectivity index (χ1n) is 5.82. The van der Waals surface area contributed by atoms with Crippen LogP contribution in [0.5, 0.6) is 0 Å².